The van der Waals surface area contributed by atoms with Crippen molar-refractivity contribution in [2.45, 2.75) is 19.5 Å². The Morgan fingerprint density at radius 2 is 1.86 bits per heavy atom. The van der Waals surface area contributed by atoms with E-state index in [1.807, 2.05) is 0 Å². The molecule has 1 fully saturated rings. The van der Waals surface area contributed by atoms with Crippen LogP contribution in [0.3, 0.4) is 0 Å². The second-order valence-electron chi connectivity index (χ2n) is 2.43. The average Bonchev–Trinajstić information content (AvgIpc) is 1.69. The fourth-order valence-electron chi connectivity index (χ4n) is 0.966. The van der Waals surface area contributed by atoms with Crippen molar-refractivity contribution in [3.63, 3.8) is 0 Å². The highest BCUT2D eigenvalue weighted by Gasteiger charge is 2.09. The van der Waals surface area contributed by atoms with Gasteiger partial charge in [0.1, 0.15) is 6.71 Å². The zero-order valence-electron chi connectivity index (χ0n) is 4.91. The Morgan fingerprint density at radius 3 is 2.14 bits per heavy atom. The standard InChI is InChI=1S/C5H12BN/c1-6-2-4-7-5-3-6/h7H,2-5H2,1H3. The minimum atomic E-state index is 0.973. The highest BCUT2D eigenvalue weighted by atomic mass is 14.8. The van der Waals surface area contributed by atoms with Crippen LogP contribution in [0.2, 0.25) is 19.5 Å². The van der Waals surface area contributed by atoms with Crippen LogP contribution in [0.15, 0.2) is 0 Å². The minimum Gasteiger partial charge on any atom is -0.318 e. The van der Waals surface area contributed by atoms with Gasteiger partial charge in [-0.05, 0) is 13.1 Å². The Kier molecular flexibility index (Phi) is 1.74. The lowest BCUT2D eigenvalue weighted by Crippen LogP contribution is -2.30. The Morgan fingerprint density at radius 1 is 1.29 bits per heavy atom. The van der Waals surface area contributed by atoms with Gasteiger partial charge in [0.25, 0.3) is 0 Å². The van der Waals surface area contributed by atoms with Crippen molar-refractivity contribution < 1.29 is 0 Å². The molecule has 1 aliphatic heterocycles. The summed E-state index contributed by atoms with van der Waals surface area (Å²) in [5.74, 6) is 0. The van der Waals surface area contributed by atoms with Crippen molar-refractivity contribution >= 4 is 6.71 Å². The van der Waals surface area contributed by atoms with Crippen LogP contribution in [0.1, 0.15) is 0 Å². The second-order valence-corrected chi connectivity index (χ2v) is 2.43. The zero-order chi connectivity index (χ0) is 5.11. The molecule has 0 saturated carbocycles. The highest BCUT2D eigenvalue weighted by Crippen LogP contribution is 2.00. The molecule has 1 nitrogen and oxygen atoms in total. The van der Waals surface area contributed by atoms with E-state index in [2.05, 4.69) is 12.1 Å². The van der Waals surface area contributed by atoms with Crippen LogP contribution in [-0.4, -0.2) is 19.8 Å². The molecule has 40 valence electrons. The maximum Gasteiger partial charge on any atom is 0.139 e. The predicted octanol–water partition coefficient (Wildman–Crippen LogP) is 0.714. The number of nitrogens with one attached hydrogen (secondary N) is 1. The van der Waals surface area contributed by atoms with Gasteiger partial charge in [-0.15, -0.1) is 0 Å². The van der Waals surface area contributed by atoms with Gasteiger partial charge in [0.15, 0.2) is 0 Å². The average molecular weight is 97.0 g/mol. The molecule has 0 amide bonds. The van der Waals surface area contributed by atoms with E-state index in [1.165, 1.54) is 25.7 Å². The van der Waals surface area contributed by atoms with Gasteiger partial charge in [0.2, 0.25) is 0 Å². The van der Waals surface area contributed by atoms with Crippen molar-refractivity contribution in [1.82, 2.24) is 5.32 Å². The fourth-order valence-corrected chi connectivity index (χ4v) is 0.966. The third kappa shape index (κ3) is 1.52. The SMILES string of the molecule is CB1CCNCC1. The lowest BCUT2D eigenvalue weighted by Gasteiger charge is -2.14. The maximum absolute atomic E-state index is 3.32. The first-order valence-electron chi connectivity index (χ1n) is 3.10. The summed E-state index contributed by atoms with van der Waals surface area (Å²) in [6.45, 7) is 5.77. The molecular formula is C5H12BN. The number of hydrogen-bond donors (Lipinski definition) is 1. The Labute approximate surface area is 45.6 Å². The fraction of sp³-hybridized carbons (Fsp3) is 1.00. The summed E-state index contributed by atoms with van der Waals surface area (Å²) >= 11 is 0. The van der Waals surface area contributed by atoms with Crippen molar-refractivity contribution in [3.8, 4) is 0 Å². The zero-order valence-corrected chi connectivity index (χ0v) is 4.91. The molecule has 1 N–H and O–H groups in total. The highest BCUT2D eigenvalue weighted by molar-refractivity contribution is 6.57. The molecule has 1 saturated heterocycles. The van der Waals surface area contributed by atoms with Crippen LogP contribution in [0.5, 0.6) is 0 Å². The van der Waals surface area contributed by atoms with Crippen LogP contribution >= 0.6 is 0 Å². The van der Waals surface area contributed by atoms with E-state index in [1.54, 1.807) is 0 Å². The van der Waals surface area contributed by atoms with Gasteiger partial charge in [-0.25, -0.2) is 0 Å². The molecule has 0 unspecified atom stereocenters. The molecule has 1 rings (SSSR count). The first-order chi connectivity index (χ1) is 3.39. The summed E-state index contributed by atoms with van der Waals surface area (Å²) in [6.07, 6.45) is 2.75. The van der Waals surface area contributed by atoms with Crippen LogP contribution in [0, 0.1) is 0 Å². The quantitative estimate of drug-likeness (QED) is 0.439. The van der Waals surface area contributed by atoms with Gasteiger partial charge in [-0.2, -0.15) is 0 Å². The molecule has 1 aliphatic rings. The van der Waals surface area contributed by atoms with Crippen molar-refractivity contribution in [2.75, 3.05) is 13.1 Å². The molecule has 0 radical (unpaired) electrons. The van der Waals surface area contributed by atoms with Crippen LogP contribution < -0.4 is 5.32 Å². The molecule has 0 spiro atoms. The summed E-state index contributed by atoms with van der Waals surface area (Å²) < 4.78 is 0. The molecule has 0 aromatic carbocycles. The Hall–Kier alpha value is 0.0249. The van der Waals surface area contributed by atoms with Crippen molar-refractivity contribution in [2.24, 2.45) is 0 Å². The summed E-state index contributed by atoms with van der Waals surface area (Å²) in [7, 11) is 0. The van der Waals surface area contributed by atoms with Gasteiger partial charge in [0, 0.05) is 0 Å². The first kappa shape index (κ1) is 5.17. The maximum atomic E-state index is 3.32. The van der Waals surface area contributed by atoms with Crippen molar-refractivity contribution in [1.29, 1.82) is 0 Å². The molecular weight excluding hydrogens is 84.9 g/mol. The van der Waals surface area contributed by atoms with E-state index in [-0.39, 0.29) is 0 Å². The molecule has 0 atom stereocenters. The van der Waals surface area contributed by atoms with E-state index in [9.17, 15) is 0 Å². The van der Waals surface area contributed by atoms with E-state index >= 15 is 0 Å². The van der Waals surface area contributed by atoms with Gasteiger partial charge in [-0.1, -0.05) is 19.5 Å². The lowest BCUT2D eigenvalue weighted by atomic mass is 9.46. The van der Waals surface area contributed by atoms with Crippen molar-refractivity contribution in [3.05, 3.63) is 0 Å². The van der Waals surface area contributed by atoms with Gasteiger partial charge in [-0.3, -0.25) is 0 Å². The van der Waals surface area contributed by atoms with E-state index in [4.69, 9.17) is 0 Å². The molecule has 2 heteroatoms. The Bertz CT molecular complexity index is 50.0. The third-order valence-corrected chi connectivity index (χ3v) is 1.63. The first-order valence-corrected chi connectivity index (χ1v) is 3.10. The van der Waals surface area contributed by atoms with Crippen LogP contribution in [-0.2, 0) is 0 Å². The summed E-state index contributed by atoms with van der Waals surface area (Å²) in [5, 5.41) is 3.32. The van der Waals surface area contributed by atoms with Gasteiger partial charge >= 0.3 is 0 Å². The molecule has 0 bridgehead atoms. The summed E-state index contributed by atoms with van der Waals surface area (Å²) in [6, 6.07) is 0. The largest absolute Gasteiger partial charge is 0.318 e. The molecule has 0 aliphatic carbocycles. The molecule has 0 aromatic rings. The summed E-state index contributed by atoms with van der Waals surface area (Å²) in [4.78, 5) is 0. The smallest absolute Gasteiger partial charge is 0.139 e. The second kappa shape index (κ2) is 2.36. The lowest BCUT2D eigenvalue weighted by molar-refractivity contribution is 0.722. The molecule has 0 aromatic heterocycles. The number of rotatable bonds is 0. The minimum absolute atomic E-state index is 0.973. The van der Waals surface area contributed by atoms with Crippen LogP contribution in [0.4, 0.5) is 0 Å². The Balaban J connectivity index is 2.12. The number of hydrogen-bond acceptors (Lipinski definition) is 1. The topological polar surface area (TPSA) is 12.0 Å². The van der Waals surface area contributed by atoms with Crippen LogP contribution in [0.25, 0.3) is 0 Å². The van der Waals surface area contributed by atoms with Gasteiger partial charge in [0.05, 0.1) is 0 Å². The third-order valence-electron chi connectivity index (χ3n) is 1.63. The summed E-state index contributed by atoms with van der Waals surface area (Å²) in [5.41, 5.74) is 0. The molecule has 7 heavy (non-hydrogen) atoms. The predicted molar refractivity (Wildman–Crippen MR) is 34.1 cm³/mol. The normalized spacial score (nSPS) is 22.7. The van der Waals surface area contributed by atoms with E-state index in [0.717, 1.165) is 6.71 Å². The monoisotopic (exact) mass is 97.1 g/mol. The van der Waals surface area contributed by atoms with E-state index < -0.39 is 0 Å². The van der Waals surface area contributed by atoms with Gasteiger partial charge < -0.3 is 5.32 Å². The van der Waals surface area contributed by atoms with E-state index in [0.29, 0.717) is 0 Å². The molecule has 1 heterocycles.